The van der Waals surface area contributed by atoms with Crippen molar-refractivity contribution < 1.29 is 0 Å². The van der Waals surface area contributed by atoms with Gasteiger partial charge in [0.15, 0.2) is 0 Å². The van der Waals surface area contributed by atoms with Crippen LogP contribution in [0.4, 0.5) is 5.69 Å². The molecule has 0 amide bonds. The van der Waals surface area contributed by atoms with Crippen molar-refractivity contribution in [1.29, 1.82) is 5.26 Å². The fourth-order valence-electron chi connectivity index (χ4n) is 4.13. The van der Waals surface area contributed by atoms with Crippen LogP contribution in [0.25, 0.3) is 22.3 Å². The van der Waals surface area contributed by atoms with E-state index >= 15 is 0 Å². The molecule has 6 heteroatoms. The van der Waals surface area contributed by atoms with Gasteiger partial charge in [-0.15, -0.1) is 0 Å². The minimum absolute atomic E-state index is 0.199. The number of benzene rings is 1. The molecule has 2 aromatic heterocycles. The second-order valence-corrected chi connectivity index (χ2v) is 7.69. The van der Waals surface area contributed by atoms with Gasteiger partial charge >= 0.3 is 0 Å². The molecule has 1 N–H and O–H groups in total. The maximum absolute atomic E-state index is 9.30. The Kier molecular flexibility index (Phi) is 5.01. The molecule has 1 aromatic carbocycles. The first-order valence-electron chi connectivity index (χ1n) is 9.85. The van der Waals surface area contributed by atoms with Crippen LogP contribution in [-0.2, 0) is 7.05 Å². The highest BCUT2D eigenvalue weighted by molar-refractivity contribution is 5.91. The van der Waals surface area contributed by atoms with Crippen molar-refractivity contribution in [2.45, 2.75) is 32.2 Å². The summed E-state index contributed by atoms with van der Waals surface area (Å²) in [6.45, 7) is 4.31. The summed E-state index contributed by atoms with van der Waals surface area (Å²) in [6, 6.07) is 11.1. The molecule has 1 atom stereocenters. The van der Waals surface area contributed by atoms with Gasteiger partial charge in [0.1, 0.15) is 11.7 Å². The van der Waals surface area contributed by atoms with Crippen LogP contribution >= 0.6 is 0 Å². The standard InChI is InChI=1S/C22H26N6/c1-15-13-16(6-7-19(15)24-10-8-17-5-4-11-27(17)2)21-18-9-12-28(3)22(18)26-20(14-23)25-21/h6-7,9,12-13,17,24H,4-5,8,10-11H2,1-3H3. The van der Waals surface area contributed by atoms with Crippen molar-refractivity contribution in [3.63, 3.8) is 0 Å². The molecule has 1 saturated heterocycles. The second kappa shape index (κ2) is 7.61. The molecule has 1 aliphatic rings. The van der Waals surface area contributed by atoms with Crippen molar-refractivity contribution in [3.05, 3.63) is 41.9 Å². The highest BCUT2D eigenvalue weighted by atomic mass is 15.1. The van der Waals surface area contributed by atoms with Gasteiger partial charge in [-0.1, -0.05) is 6.07 Å². The first-order chi connectivity index (χ1) is 13.6. The summed E-state index contributed by atoms with van der Waals surface area (Å²) in [5.41, 5.74) is 4.93. The van der Waals surface area contributed by atoms with Crippen LogP contribution in [0.5, 0.6) is 0 Å². The lowest BCUT2D eigenvalue weighted by atomic mass is 10.0. The summed E-state index contributed by atoms with van der Waals surface area (Å²) in [6.07, 6.45) is 5.73. The van der Waals surface area contributed by atoms with E-state index in [-0.39, 0.29) is 5.82 Å². The average molecular weight is 374 g/mol. The normalized spacial score (nSPS) is 17.1. The topological polar surface area (TPSA) is 69.8 Å². The van der Waals surface area contributed by atoms with Gasteiger partial charge in [0.25, 0.3) is 0 Å². The van der Waals surface area contributed by atoms with E-state index in [1.165, 1.54) is 31.4 Å². The van der Waals surface area contributed by atoms with E-state index in [1.807, 2.05) is 23.9 Å². The van der Waals surface area contributed by atoms with E-state index in [4.69, 9.17) is 0 Å². The van der Waals surface area contributed by atoms with Crippen LogP contribution in [0.15, 0.2) is 30.5 Å². The minimum atomic E-state index is 0.199. The first kappa shape index (κ1) is 18.5. The van der Waals surface area contributed by atoms with E-state index in [0.29, 0.717) is 6.04 Å². The number of likely N-dealkylation sites (tertiary alicyclic amines) is 1. The Labute approximate surface area is 165 Å². The number of fused-ring (bicyclic) bond motifs is 1. The zero-order valence-electron chi connectivity index (χ0n) is 16.7. The summed E-state index contributed by atoms with van der Waals surface area (Å²) in [5.74, 6) is 0.199. The van der Waals surface area contributed by atoms with Crippen LogP contribution in [0.1, 0.15) is 30.7 Å². The fraction of sp³-hybridized carbons (Fsp3) is 0.409. The van der Waals surface area contributed by atoms with Crippen LogP contribution in [-0.4, -0.2) is 45.6 Å². The summed E-state index contributed by atoms with van der Waals surface area (Å²) >= 11 is 0. The highest BCUT2D eigenvalue weighted by Crippen LogP contribution is 2.29. The third-order valence-corrected chi connectivity index (χ3v) is 5.79. The van der Waals surface area contributed by atoms with Gasteiger partial charge in [0, 0.05) is 42.5 Å². The SMILES string of the molecule is Cc1cc(-c2nc(C#N)nc3c2ccn3C)ccc1NCCC1CCCN1C. The Hall–Kier alpha value is -2.91. The molecular weight excluding hydrogens is 348 g/mol. The maximum atomic E-state index is 9.30. The van der Waals surface area contributed by atoms with E-state index in [9.17, 15) is 5.26 Å². The Balaban J connectivity index is 1.56. The average Bonchev–Trinajstić information content (AvgIpc) is 3.28. The molecular formula is C22H26N6. The van der Waals surface area contributed by atoms with E-state index in [0.717, 1.165) is 34.5 Å². The van der Waals surface area contributed by atoms with Crippen molar-refractivity contribution in [3.8, 4) is 17.3 Å². The molecule has 0 aliphatic carbocycles. The summed E-state index contributed by atoms with van der Waals surface area (Å²) in [5, 5.41) is 13.9. The fourth-order valence-corrected chi connectivity index (χ4v) is 4.13. The summed E-state index contributed by atoms with van der Waals surface area (Å²) in [7, 11) is 4.15. The summed E-state index contributed by atoms with van der Waals surface area (Å²) in [4.78, 5) is 11.3. The predicted octanol–water partition coefficient (Wildman–Crippen LogP) is 3.71. The lowest BCUT2D eigenvalue weighted by molar-refractivity contribution is 0.301. The number of hydrogen-bond donors (Lipinski definition) is 1. The largest absolute Gasteiger partial charge is 0.385 e. The number of hydrogen-bond acceptors (Lipinski definition) is 5. The molecule has 3 aromatic rings. The Morgan fingerprint density at radius 1 is 1.25 bits per heavy atom. The first-order valence-corrected chi connectivity index (χ1v) is 9.85. The van der Waals surface area contributed by atoms with Crippen LogP contribution in [0, 0.1) is 18.3 Å². The number of aromatic nitrogens is 3. The quantitative estimate of drug-likeness (QED) is 0.737. The lowest BCUT2D eigenvalue weighted by Crippen LogP contribution is -2.27. The number of nitrogens with zero attached hydrogens (tertiary/aromatic N) is 5. The minimum Gasteiger partial charge on any atom is -0.385 e. The molecule has 1 aliphatic heterocycles. The molecule has 6 nitrogen and oxygen atoms in total. The van der Waals surface area contributed by atoms with Crippen LogP contribution in [0.3, 0.4) is 0 Å². The molecule has 4 rings (SSSR count). The van der Waals surface area contributed by atoms with E-state index in [2.05, 4.69) is 58.4 Å². The Bertz CT molecular complexity index is 1050. The van der Waals surface area contributed by atoms with Gasteiger partial charge in [-0.3, -0.25) is 0 Å². The molecule has 1 unspecified atom stereocenters. The van der Waals surface area contributed by atoms with Gasteiger partial charge in [0.05, 0.1) is 5.69 Å². The molecule has 0 bridgehead atoms. The Morgan fingerprint density at radius 2 is 2.11 bits per heavy atom. The zero-order chi connectivity index (χ0) is 19.7. The van der Waals surface area contributed by atoms with Gasteiger partial charge < -0.3 is 14.8 Å². The highest BCUT2D eigenvalue weighted by Gasteiger charge is 2.20. The predicted molar refractivity (Wildman–Crippen MR) is 112 cm³/mol. The van der Waals surface area contributed by atoms with Crippen molar-refractivity contribution in [1.82, 2.24) is 19.4 Å². The number of nitriles is 1. The molecule has 28 heavy (non-hydrogen) atoms. The van der Waals surface area contributed by atoms with Gasteiger partial charge in [-0.2, -0.15) is 5.26 Å². The lowest BCUT2D eigenvalue weighted by Gasteiger charge is -2.20. The number of rotatable bonds is 5. The third-order valence-electron chi connectivity index (χ3n) is 5.79. The smallest absolute Gasteiger partial charge is 0.234 e. The van der Waals surface area contributed by atoms with Gasteiger partial charge in [-0.05, 0) is 63.5 Å². The monoisotopic (exact) mass is 374 g/mol. The third kappa shape index (κ3) is 3.46. The molecule has 0 spiro atoms. The summed E-state index contributed by atoms with van der Waals surface area (Å²) < 4.78 is 1.92. The number of aryl methyl sites for hydroxylation is 2. The number of anilines is 1. The molecule has 144 valence electrons. The van der Waals surface area contributed by atoms with Gasteiger partial charge in [0.2, 0.25) is 5.82 Å². The molecule has 0 radical (unpaired) electrons. The molecule has 0 saturated carbocycles. The van der Waals surface area contributed by atoms with Crippen molar-refractivity contribution >= 4 is 16.7 Å². The van der Waals surface area contributed by atoms with Crippen LogP contribution < -0.4 is 5.32 Å². The van der Waals surface area contributed by atoms with Crippen molar-refractivity contribution in [2.75, 3.05) is 25.5 Å². The van der Waals surface area contributed by atoms with E-state index in [1.54, 1.807) is 0 Å². The van der Waals surface area contributed by atoms with Gasteiger partial charge in [-0.25, -0.2) is 9.97 Å². The van der Waals surface area contributed by atoms with E-state index < -0.39 is 0 Å². The zero-order valence-corrected chi connectivity index (χ0v) is 16.7. The Morgan fingerprint density at radius 3 is 2.82 bits per heavy atom. The van der Waals surface area contributed by atoms with Crippen molar-refractivity contribution in [2.24, 2.45) is 7.05 Å². The second-order valence-electron chi connectivity index (χ2n) is 7.69. The molecule has 1 fully saturated rings. The number of nitrogens with one attached hydrogen (secondary N) is 1. The van der Waals surface area contributed by atoms with Crippen LogP contribution in [0.2, 0.25) is 0 Å². The maximum Gasteiger partial charge on any atom is 0.234 e. The molecule has 3 heterocycles.